The van der Waals surface area contributed by atoms with Crippen LogP contribution in [0, 0.1) is 0 Å². The van der Waals surface area contributed by atoms with Crippen LogP contribution < -0.4 is 0 Å². The van der Waals surface area contributed by atoms with E-state index in [4.69, 9.17) is 0 Å². The van der Waals surface area contributed by atoms with Gasteiger partial charge in [0.05, 0.1) is 5.69 Å². The van der Waals surface area contributed by atoms with Crippen molar-refractivity contribution in [3.05, 3.63) is 72.2 Å². The molecule has 114 valence electrons. The first kappa shape index (κ1) is 14.8. The maximum Gasteiger partial charge on any atom is 0.137 e. The number of pyridine rings is 1. The molecule has 0 saturated heterocycles. The molecule has 0 bridgehead atoms. The van der Waals surface area contributed by atoms with Gasteiger partial charge in [-0.2, -0.15) is 0 Å². The monoisotopic (exact) mass is 295 g/mol. The average molecular weight is 295 g/mol. The molecule has 3 aromatic rings. The molecule has 1 aromatic carbocycles. The Bertz CT molecular complexity index is 690. The van der Waals surface area contributed by atoms with Gasteiger partial charge < -0.3 is 9.51 Å². The highest BCUT2D eigenvalue weighted by atomic mass is 16.3. The largest absolute Gasteiger partial charge is 0.396 e. The van der Waals surface area contributed by atoms with Crippen molar-refractivity contribution in [3.8, 4) is 0 Å². The van der Waals surface area contributed by atoms with Crippen LogP contribution in [0.2, 0.25) is 0 Å². The highest BCUT2D eigenvalue weighted by molar-refractivity contribution is 5.39. The highest BCUT2D eigenvalue weighted by Crippen LogP contribution is 2.24. The summed E-state index contributed by atoms with van der Waals surface area (Å²) >= 11 is 0. The van der Waals surface area contributed by atoms with E-state index in [1.54, 1.807) is 0 Å². The average Bonchev–Trinajstić information content (AvgIpc) is 2.95. The van der Waals surface area contributed by atoms with Gasteiger partial charge in [0.2, 0.25) is 0 Å². The number of nitrogens with zero attached hydrogens (tertiary/aromatic N) is 3. The van der Waals surface area contributed by atoms with Gasteiger partial charge in [-0.3, -0.25) is 4.90 Å². The summed E-state index contributed by atoms with van der Waals surface area (Å²) < 4.78 is 2.03. The van der Waals surface area contributed by atoms with Gasteiger partial charge >= 0.3 is 0 Å². The normalized spacial score (nSPS) is 12.9. The van der Waals surface area contributed by atoms with Crippen molar-refractivity contribution in [1.82, 2.24) is 14.3 Å². The third-order valence-corrected chi connectivity index (χ3v) is 3.94. The van der Waals surface area contributed by atoms with Gasteiger partial charge in [-0.05, 0) is 31.2 Å². The number of benzene rings is 1. The molecule has 2 heterocycles. The van der Waals surface area contributed by atoms with Crippen LogP contribution in [0.4, 0.5) is 0 Å². The summed E-state index contributed by atoms with van der Waals surface area (Å²) in [4.78, 5) is 6.89. The van der Waals surface area contributed by atoms with Crippen LogP contribution >= 0.6 is 0 Å². The molecule has 1 atom stereocenters. The SMILES string of the molecule is CN(Cc1cn2ccccc2n1)C(CCO)c1ccccc1. The maximum atomic E-state index is 9.38. The van der Waals surface area contributed by atoms with E-state index in [1.807, 2.05) is 47.0 Å². The molecule has 2 aromatic heterocycles. The van der Waals surface area contributed by atoms with Gasteiger partial charge in [-0.1, -0.05) is 36.4 Å². The second kappa shape index (κ2) is 6.73. The summed E-state index contributed by atoms with van der Waals surface area (Å²) in [5.74, 6) is 0. The predicted octanol–water partition coefficient (Wildman–Crippen LogP) is 2.89. The lowest BCUT2D eigenvalue weighted by atomic mass is 10.0. The van der Waals surface area contributed by atoms with Gasteiger partial charge in [0.15, 0.2) is 0 Å². The summed E-state index contributed by atoms with van der Waals surface area (Å²) in [6.45, 7) is 0.927. The van der Waals surface area contributed by atoms with Crippen molar-refractivity contribution < 1.29 is 5.11 Å². The molecule has 1 N–H and O–H groups in total. The molecule has 4 nitrogen and oxygen atoms in total. The highest BCUT2D eigenvalue weighted by Gasteiger charge is 2.17. The van der Waals surface area contributed by atoms with Gasteiger partial charge in [0, 0.05) is 31.6 Å². The fraction of sp³-hybridized carbons (Fsp3) is 0.278. The number of hydrogen-bond donors (Lipinski definition) is 1. The minimum Gasteiger partial charge on any atom is -0.396 e. The van der Waals surface area contributed by atoms with E-state index in [0.717, 1.165) is 17.9 Å². The zero-order valence-corrected chi connectivity index (χ0v) is 12.8. The fourth-order valence-electron chi connectivity index (χ4n) is 2.87. The molecule has 1 unspecified atom stereocenters. The molecule has 0 spiro atoms. The van der Waals surface area contributed by atoms with E-state index in [9.17, 15) is 5.11 Å². The third-order valence-electron chi connectivity index (χ3n) is 3.94. The predicted molar refractivity (Wildman–Crippen MR) is 87.5 cm³/mol. The molecule has 3 rings (SSSR count). The van der Waals surface area contributed by atoms with E-state index in [0.29, 0.717) is 6.42 Å². The summed E-state index contributed by atoms with van der Waals surface area (Å²) in [6.07, 6.45) is 4.79. The lowest BCUT2D eigenvalue weighted by molar-refractivity contribution is 0.179. The summed E-state index contributed by atoms with van der Waals surface area (Å²) in [7, 11) is 2.08. The molecular formula is C18H21N3O. The van der Waals surface area contributed by atoms with Crippen LogP contribution in [0.25, 0.3) is 5.65 Å². The van der Waals surface area contributed by atoms with Crippen molar-refractivity contribution in [2.24, 2.45) is 0 Å². The molecule has 0 fully saturated rings. The Hall–Kier alpha value is -2.17. The summed E-state index contributed by atoms with van der Waals surface area (Å²) in [5, 5.41) is 9.38. The van der Waals surface area contributed by atoms with Gasteiger partial charge in [0.1, 0.15) is 5.65 Å². The van der Waals surface area contributed by atoms with Crippen LogP contribution in [0.3, 0.4) is 0 Å². The topological polar surface area (TPSA) is 40.8 Å². The van der Waals surface area contributed by atoms with Crippen LogP contribution in [0.5, 0.6) is 0 Å². The van der Waals surface area contributed by atoms with Crippen LogP contribution in [-0.2, 0) is 6.54 Å². The molecule has 4 heteroatoms. The third kappa shape index (κ3) is 3.18. The Morgan fingerprint density at radius 2 is 1.91 bits per heavy atom. The van der Waals surface area contributed by atoms with E-state index >= 15 is 0 Å². The molecule has 0 radical (unpaired) electrons. The number of aliphatic hydroxyl groups excluding tert-OH is 1. The summed E-state index contributed by atoms with van der Waals surface area (Å²) in [5.41, 5.74) is 3.22. The zero-order valence-electron chi connectivity index (χ0n) is 12.8. The van der Waals surface area contributed by atoms with Crippen LogP contribution in [0.1, 0.15) is 23.7 Å². The van der Waals surface area contributed by atoms with E-state index in [2.05, 4.69) is 35.3 Å². The minimum atomic E-state index is 0.176. The van der Waals surface area contributed by atoms with Crippen molar-refractivity contribution in [1.29, 1.82) is 0 Å². The second-order valence-corrected chi connectivity index (χ2v) is 5.55. The number of hydrogen-bond acceptors (Lipinski definition) is 3. The second-order valence-electron chi connectivity index (χ2n) is 5.55. The Balaban J connectivity index is 1.80. The smallest absolute Gasteiger partial charge is 0.137 e. The molecule has 0 aliphatic heterocycles. The number of aliphatic hydroxyl groups is 1. The van der Waals surface area contributed by atoms with Gasteiger partial charge in [0.25, 0.3) is 0 Å². The zero-order chi connectivity index (χ0) is 15.4. The van der Waals surface area contributed by atoms with Crippen molar-refractivity contribution in [3.63, 3.8) is 0 Å². The Kier molecular flexibility index (Phi) is 4.51. The van der Waals surface area contributed by atoms with Crippen LogP contribution in [-0.4, -0.2) is 33.0 Å². The first-order valence-corrected chi connectivity index (χ1v) is 7.56. The van der Waals surface area contributed by atoms with Crippen molar-refractivity contribution in [2.45, 2.75) is 19.0 Å². The van der Waals surface area contributed by atoms with Gasteiger partial charge in [-0.25, -0.2) is 4.98 Å². The first-order valence-electron chi connectivity index (χ1n) is 7.56. The molecule has 0 aliphatic carbocycles. The lowest BCUT2D eigenvalue weighted by Gasteiger charge is -2.27. The van der Waals surface area contributed by atoms with Crippen molar-refractivity contribution >= 4 is 5.65 Å². The lowest BCUT2D eigenvalue weighted by Crippen LogP contribution is -2.25. The quantitative estimate of drug-likeness (QED) is 0.760. The fourth-order valence-corrected chi connectivity index (χ4v) is 2.87. The van der Waals surface area contributed by atoms with E-state index in [-0.39, 0.29) is 12.6 Å². The van der Waals surface area contributed by atoms with Crippen molar-refractivity contribution in [2.75, 3.05) is 13.7 Å². The number of fused-ring (bicyclic) bond motifs is 1. The Labute approximate surface area is 130 Å². The van der Waals surface area contributed by atoms with Gasteiger partial charge in [-0.15, -0.1) is 0 Å². The van der Waals surface area contributed by atoms with E-state index in [1.165, 1.54) is 5.56 Å². The number of rotatable bonds is 6. The minimum absolute atomic E-state index is 0.176. The molecule has 22 heavy (non-hydrogen) atoms. The first-order chi connectivity index (χ1) is 10.8. The maximum absolute atomic E-state index is 9.38. The van der Waals surface area contributed by atoms with E-state index < -0.39 is 0 Å². The molecular weight excluding hydrogens is 274 g/mol. The Morgan fingerprint density at radius 3 is 2.64 bits per heavy atom. The Morgan fingerprint density at radius 1 is 1.14 bits per heavy atom. The molecule has 0 saturated carbocycles. The standard InChI is InChI=1S/C18H21N3O/c1-20(17(10-12-22)15-7-3-2-4-8-15)13-16-14-21-11-6-5-9-18(21)19-16/h2-9,11,14,17,22H,10,12-13H2,1H3. The number of aromatic nitrogens is 2. The molecule has 0 amide bonds. The summed E-state index contributed by atoms with van der Waals surface area (Å²) in [6, 6.07) is 16.5. The number of imidazole rings is 1. The van der Waals surface area contributed by atoms with Crippen LogP contribution in [0.15, 0.2) is 60.9 Å². The molecule has 0 aliphatic rings.